The minimum absolute atomic E-state index is 0.0125. The van der Waals surface area contributed by atoms with E-state index >= 15 is 0 Å². The van der Waals surface area contributed by atoms with Crippen molar-refractivity contribution in [2.45, 2.75) is 98.2 Å². The van der Waals surface area contributed by atoms with Gasteiger partial charge in [0.15, 0.2) is 70.8 Å². The molecule has 0 aromatic carbocycles. The van der Waals surface area contributed by atoms with E-state index in [1.165, 1.54) is 24.6 Å². The summed E-state index contributed by atoms with van der Waals surface area (Å²) in [7, 11) is -19.8. The first-order chi connectivity index (χ1) is 44.2. The van der Waals surface area contributed by atoms with Crippen LogP contribution in [0.2, 0.25) is 0 Å². The Morgan fingerprint density at radius 3 is 0.914 bits per heavy atom. The molecule has 4 saturated heterocycles. The van der Waals surface area contributed by atoms with Crippen LogP contribution in [-0.4, -0.2) is 253 Å². The van der Waals surface area contributed by atoms with Gasteiger partial charge in [0.1, 0.15) is 146 Å². The molecule has 0 amide bonds. The summed E-state index contributed by atoms with van der Waals surface area (Å²) in [6, 6.07) is 0. The van der Waals surface area contributed by atoms with E-state index in [1.807, 2.05) is 0 Å². The highest BCUT2D eigenvalue weighted by molar-refractivity contribution is 7.53. The highest BCUT2D eigenvalue weighted by Gasteiger charge is 2.54. The lowest BCUT2D eigenvalue weighted by atomic mass is 10.1. The zero-order valence-electron chi connectivity index (χ0n) is 47.4. The summed E-state index contributed by atoms with van der Waals surface area (Å²) in [5.41, 5.74) is 24.5. The molecule has 8 aromatic heterocycles. The Morgan fingerprint density at radius 1 is 0.366 bits per heavy atom. The molecule has 0 bridgehead atoms. The second-order valence-electron chi connectivity index (χ2n) is 21.3. The molecule has 19 atom stereocenters. The third-order valence-corrected chi connectivity index (χ3v) is 18.7. The predicted octanol–water partition coefficient (Wildman–Crippen LogP) is -4.15. The summed E-state index contributed by atoms with van der Waals surface area (Å²) < 4.78 is 121. The summed E-state index contributed by atoms with van der Waals surface area (Å²) in [6.07, 6.45) is -21.4. The van der Waals surface area contributed by atoms with E-state index in [-0.39, 0.29) is 67.9 Å². The molecule has 0 aliphatic carbocycles. The molecule has 12 heterocycles. The monoisotopic (exact) mass is 1390 g/mol. The summed E-state index contributed by atoms with van der Waals surface area (Å²) in [5.74, 6) is -0.182. The lowest BCUT2D eigenvalue weighted by molar-refractivity contribution is -0.0664. The normalized spacial score (nSPS) is 30.5. The number of rotatable bonds is 26. The number of fused-ring (bicyclic) bond motifs is 4. The Bertz CT molecular complexity index is 4230. The van der Waals surface area contributed by atoms with Crippen molar-refractivity contribution in [2.75, 3.05) is 74.8 Å². The number of nitrogens with zero attached hydrogens (tertiary/aromatic N) is 16. The minimum Gasteiger partial charge on any atom is -0.387 e. The highest BCUT2D eigenvalue weighted by atomic mass is 31.2. The van der Waals surface area contributed by atoms with Gasteiger partial charge in [-0.2, -0.15) is 0 Å². The number of hydrogen-bond acceptors (Lipinski definition) is 36. The van der Waals surface area contributed by atoms with Crippen LogP contribution in [0.4, 0.5) is 23.3 Å². The molecule has 3 unspecified atom stereocenters. The van der Waals surface area contributed by atoms with Crippen LogP contribution in [0, 0.1) is 0 Å². The smallest absolute Gasteiger partial charge is 0.354 e. The van der Waals surface area contributed by atoms with Crippen LogP contribution < -0.4 is 22.9 Å². The molecule has 45 nitrogen and oxygen atoms in total. The Labute approximate surface area is 518 Å². The first-order valence-corrected chi connectivity index (χ1v) is 34.4. The molecule has 49 heteroatoms. The number of ether oxygens (including phenoxy) is 8. The Morgan fingerprint density at radius 2 is 0.624 bits per heavy atom. The zero-order chi connectivity index (χ0) is 66.1. The molecule has 0 saturated carbocycles. The van der Waals surface area contributed by atoms with Gasteiger partial charge in [0.05, 0.1) is 51.7 Å². The Balaban J connectivity index is 0.704. The lowest BCUT2D eigenvalue weighted by Crippen LogP contribution is -2.37. The van der Waals surface area contributed by atoms with Gasteiger partial charge in [0.2, 0.25) is 0 Å². The number of aliphatic hydroxyl groups is 5. The van der Waals surface area contributed by atoms with Crippen LogP contribution in [0.5, 0.6) is 0 Å². The van der Waals surface area contributed by atoms with Crippen molar-refractivity contribution in [1.29, 1.82) is 0 Å². The number of hydrogen-bond donors (Lipinski definition) is 14. The van der Waals surface area contributed by atoms with E-state index in [4.69, 9.17) is 74.4 Å². The molecule has 4 aliphatic rings. The van der Waals surface area contributed by atoms with Gasteiger partial charge in [-0.05, 0) is 0 Å². The second kappa shape index (κ2) is 26.2. The standard InChI is InChI=1S/C44H58N20O25P4/c45-33-21-37(53-5-49-33)61(9-57-21)41-29(69)25(65)17(83-41)1-80-14-91(73,74)88-31-27(67)19(85-43(31)63-11-59-23-35(47)51-7-55-39(23)63)3-82-16-93(77,78)89-32-28(68)20(86-44(32)64-12-60-24-36(48)52-8-56-40(24)64)4-81-15-92(75,76)87-30-26(66)18(2-79-13-90(70,71)72)84-42(30)62-10-58-22-34(46)50-6-54-38(22)62/h5-12,17-20,25-32,41-44,65-69H,1-4,13-16H2,(H,73,74)(H,75,76)(H,77,78)(H2,45,49,53)(H2,46,50,54)(H2,47,51,55)(H2,48,52,56)(H2,70,71,72)/t17-,18-,19-,20-,25-,26-,27-,28-,29+,30+,31+,32+,41-,42-,43-,44-/m1/s1. The molecule has 504 valence electrons. The van der Waals surface area contributed by atoms with Crippen molar-refractivity contribution in [1.82, 2.24) is 78.1 Å². The van der Waals surface area contributed by atoms with Gasteiger partial charge < -0.3 is 111 Å². The van der Waals surface area contributed by atoms with E-state index in [0.29, 0.717) is 0 Å². The van der Waals surface area contributed by atoms with Gasteiger partial charge in [-0.3, -0.25) is 50.1 Å². The van der Waals surface area contributed by atoms with Gasteiger partial charge in [0, 0.05) is 0 Å². The fourth-order valence-electron chi connectivity index (χ4n) is 10.7. The molecule has 93 heavy (non-hydrogen) atoms. The fourth-order valence-corrected chi connectivity index (χ4v) is 14.1. The number of nitrogens with two attached hydrogens (primary N) is 4. The predicted molar refractivity (Wildman–Crippen MR) is 304 cm³/mol. The van der Waals surface area contributed by atoms with Crippen molar-refractivity contribution in [2.24, 2.45) is 0 Å². The van der Waals surface area contributed by atoms with Crippen molar-refractivity contribution in [3.05, 3.63) is 50.6 Å². The van der Waals surface area contributed by atoms with E-state index < -0.39 is 180 Å². The molecule has 18 N–H and O–H groups in total. The second-order valence-corrected chi connectivity index (χ2v) is 28.2. The van der Waals surface area contributed by atoms with E-state index in [9.17, 15) is 68.3 Å². The topological polar surface area (TPSA) is 651 Å². The van der Waals surface area contributed by atoms with Crippen molar-refractivity contribution in [3.63, 3.8) is 0 Å². The molecular formula is C44H58N20O25P4. The van der Waals surface area contributed by atoms with E-state index in [2.05, 4.69) is 59.8 Å². The van der Waals surface area contributed by atoms with Crippen LogP contribution in [-0.2, 0) is 69.7 Å². The number of imidazole rings is 4. The first-order valence-electron chi connectivity index (χ1n) is 27.3. The third-order valence-electron chi connectivity index (χ3n) is 14.9. The van der Waals surface area contributed by atoms with Crippen LogP contribution in [0.15, 0.2) is 50.6 Å². The SMILES string of the molecule is Nc1ncnc2c1ncn2[C@@H]1O[C@H](COCP(=O)(O)O[C@H]2[C@H](O)[C@@H](COCP(=O)(O)O[C@H]3[C@H](O)[C@@H](COCP(=O)(O)O[C@H]4[C@H](O)[C@@H](COCP(=O)(O)O)O[C@H]4n4cnc5c(N)ncnc54)O[C@H]3n3cnc4c(N)ncnc43)O[C@H]2n2cnc3c(N)ncnc32)[C@@H](O)[C@@H]1O. The molecule has 12 rings (SSSR count). The zero-order valence-corrected chi connectivity index (χ0v) is 50.9. The van der Waals surface area contributed by atoms with Gasteiger partial charge in [0.25, 0.3) is 0 Å². The molecule has 4 aliphatic heterocycles. The minimum atomic E-state index is -5.12. The summed E-state index contributed by atoms with van der Waals surface area (Å²) >= 11 is 0. The third kappa shape index (κ3) is 13.7. The van der Waals surface area contributed by atoms with Gasteiger partial charge >= 0.3 is 30.4 Å². The van der Waals surface area contributed by atoms with E-state index in [1.54, 1.807) is 0 Å². The number of anilines is 4. The van der Waals surface area contributed by atoms with Crippen LogP contribution in [0.25, 0.3) is 44.7 Å². The summed E-state index contributed by atoms with van der Waals surface area (Å²) in [5, 5.41) is 56.7. The quantitative estimate of drug-likeness (QED) is 0.0229. The molecule has 8 aromatic rings. The van der Waals surface area contributed by atoms with Gasteiger partial charge in [-0.25, -0.2) is 59.8 Å². The van der Waals surface area contributed by atoms with Crippen LogP contribution in [0.3, 0.4) is 0 Å². The first kappa shape index (κ1) is 66.5. The van der Waals surface area contributed by atoms with Crippen molar-refractivity contribution < 1.29 is 120 Å². The maximum atomic E-state index is 14.1. The highest BCUT2D eigenvalue weighted by Crippen LogP contribution is 2.53. The average molecular weight is 1390 g/mol. The average Bonchev–Trinajstić information content (AvgIpc) is 1.65. The largest absolute Gasteiger partial charge is 0.387 e. The van der Waals surface area contributed by atoms with Crippen molar-refractivity contribution in [3.8, 4) is 0 Å². The lowest BCUT2D eigenvalue weighted by Gasteiger charge is -2.25. The Kier molecular flexibility index (Phi) is 18.8. The molecule has 0 radical (unpaired) electrons. The van der Waals surface area contributed by atoms with Gasteiger partial charge in [-0.1, -0.05) is 0 Å². The van der Waals surface area contributed by atoms with Crippen LogP contribution >= 0.6 is 30.4 Å². The van der Waals surface area contributed by atoms with Gasteiger partial charge in [-0.15, -0.1) is 0 Å². The molecule has 0 spiro atoms. The molecule has 4 fully saturated rings. The van der Waals surface area contributed by atoms with E-state index in [0.717, 1.165) is 44.3 Å². The summed E-state index contributed by atoms with van der Waals surface area (Å²) in [6.45, 7) is -2.75. The number of aliphatic hydroxyl groups excluding tert-OH is 5. The van der Waals surface area contributed by atoms with Crippen LogP contribution in [0.1, 0.15) is 24.9 Å². The fraction of sp³-hybridized carbons (Fsp3) is 0.545. The number of aromatic nitrogens is 16. The summed E-state index contributed by atoms with van der Waals surface area (Å²) in [4.78, 5) is 101. The maximum absolute atomic E-state index is 14.1. The number of nitrogen functional groups attached to an aromatic ring is 4. The maximum Gasteiger partial charge on any atom is 0.354 e. The Hall–Kier alpha value is -6.52. The molecular weight excluding hydrogens is 1330 g/mol. The van der Waals surface area contributed by atoms with Crippen molar-refractivity contribution >= 4 is 98.3 Å².